The predicted molar refractivity (Wildman–Crippen MR) is 88.1 cm³/mol. The van der Waals surface area contributed by atoms with Crippen molar-refractivity contribution >= 4 is 21.4 Å². The summed E-state index contributed by atoms with van der Waals surface area (Å²) >= 11 is 1.77. The summed E-state index contributed by atoms with van der Waals surface area (Å²) in [7, 11) is 1.70. The fourth-order valence-electron chi connectivity index (χ4n) is 3.41. The van der Waals surface area contributed by atoms with Crippen LogP contribution in [0, 0.1) is 0 Å². The van der Waals surface area contributed by atoms with Crippen molar-refractivity contribution in [3.8, 4) is 5.75 Å². The van der Waals surface area contributed by atoms with Gasteiger partial charge in [0, 0.05) is 4.70 Å². The van der Waals surface area contributed by atoms with Crippen LogP contribution in [0.25, 0.3) is 10.1 Å². The van der Waals surface area contributed by atoms with Crippen LogP contribution in [-0.2, 0) is 12.0 Å². The van der Waals surface area contributed by atoms with Crippen LogP contribution in [0.5, 0.6) is 5.75 Å². The average molecular weight is 295 g/mol. The summed E-state index contributed by atoms with van der Waals surface area (Å²) in [5, 5.41) is 3.41. The molecule has 2 N–H and O–H groups in total. The molecule has 0 saturated heterocycles. The fourth-order valence-corrected chi connectivity index (χ4v) is 4.41. The van der Waals surface area contributed by atoms with Gasteiger partial charge in [-0.05, 0) is 58.5 Å². The molecule has 3 aromatic rings. The summed E-state index contributed by atoms with van der Waals surface area (Å²) in [6, 6.07) is 14.9. The molecule has 1 unspecified atom stereocenters. The van der Waals surface area contributed by atoms with E-state index in [0.29, 0.717) is 0 Å². The van der Waals surface area contributed by atoms with E-state index in [0.717, 1.165) is 18.6 Å². The topological polar surface area (TPSA) is 35.2 Å². The molecule has 0 aliphatic heterocycles. The first-order chi connectivity index (χ1) is 10.2. The number of thiophene rings is 1. The van der Waals surface area contributed by atoms with E-state index in [9.17, 15) is 0 Å². The van der Waals surface area contributed by atoms with E-state index < -0.39 is 5.54 Å². The number of aryl methyl sites for hydroxylation is 1. The van der Waals surface area contributed by atoms with Gasteiger partial charge in [0.25, 0.3) is 0 Å². The summed E-state index contributed by atoms with van der Waals surface area (Å²) in [5.41, 5.74) is 10.3. The summed E-state index contributed by atoms with van der Waals surface area (Å²) < 4.78 is 6.69. The van der Waals surface area contributed by atoms with Crippen molar-refractivity contribution in [3.05, 3.63) is 64.5 Å². The smallest absolute Gasteiger partial charge is 0.119 e. The molecule has 3 heteroatoms. The molecular weight excluding hydrogens is 278 g/mol. The monoisotopic (exact) mass is 295 g/mol. The van der Waals surface area contributed by atoms with E-state index in [2.05, 4.69) is 41.8 Å². The maximum absolute atomic E-state index is 6.89. The summed E-state index contributed by atoms with van der Waals surface area (Å²) in [6.45, 7) is 0. The lowest BCUT2D eigenvalue weighted by molar-refractivity contribution is 0.413. The molecule has 1 atom stereocenters. The lowest BCUT2D eigenvalue weighted by Gasteiger charge is -2.27. The van der Waals surface area contributed by atoms with Crippen molar-refractivity contribution in [2.45, 2.75) is 18.4 Å². The van der Waals surface area contributed by atoms with Gasteiger partial charge in [-0.15, -0.1) is 11.3 Å². The van der Waals surface area contributed by atoms with E-state index in [1.165, 1.54) is 26.8 Å². The van der Waals surface area contributed by atoms with Gasteiger partial charge in [0.2, 0.25) is 0 Å². The van der Waals surface area contributed by atoms with Gasteiger partial charge in [0.1, 0.15) is 5.75 Å². The second-order valence-corrected chi connectivity index (χ2v) is 6.56. The Bertz CT molecular complexity index is 823. The van der Waals surface area contributed by atoms with Gasteiger partial charge in [0.15, 0.2) is 0 Å². The Morgan fingerprint density at radius 1 is 1.14 bits per heavy atom. The minimum absolute atomic E-state index is 0.408. The Labute approximate surface area is 128 Å². The zero-order valence-electron chi connectivity index (χ0n) is 11.9. The summed E-state index contributed by atoms with van der Waals surface area (Å²) in [6.07, 6.45) is 1.98. The Balaban J connectivity index is 1.96. The largest absolute Gasteiger partial charge is 0.497 e. The third-order valence-electron chi connectivity index (χ3n) is 4.55. The molecule has 0 saturated carbocycles. The van der Waals surface area contributed by atoms with Crippen LogP contribution < -0.4 is 10.5 Å². The van der Waals surface area contributed by atoms with Crippen molar-refractivity contribution in [2.24, 2.45) is 5.73 Å². The van der Waals surface area contributed by atoms with Gasteiger partial charge in [0.05, 0.1) is 12.6 Å². The maximum Gasteiger partial charge on any atom is 0.119 e. The molecule has 2 nitrogen and oxygen atoms in total. The van der Waals surface area contributed by atoms with Crippen LogP contribution >= 0.6 is 11.3 Å². The van der Waals surface area contributed by atoms with E-state index in [4.69, 9.17) is 10.5 Å². The molecule has 21 heavy (non-hydrogen) atoms. The average Bonchev–Trinajstić information content (AvgIpc) is 3.12. The molecule has 2 aromatic carbocycles. The minimum Gasteiger partial charge on any atom is -0.497 e. The SMILES string of the molecule is COc1ccc2c(c1)C(N)(c1cccc3ccsc13)CC2. The molecule has 0 amide bonds. The van der Waals surface area contributed by atoms with Gasteiger partial charge >= 0.3 is 0 Å². The molecule has 0 bridgehead atoms. The normalized spacial score (nSPS) is 20.7. The van der Waals surface area contributed by atoms with Crippen molar-refractivity contribution < 1.29 is 4.74 Å². The number of hydrogen-bond acceptors (Lipinski definition) is 3. The lowest BCUT2D eigenvalue weighted by atomic mass is 9.84. The van der Waals surface area contributed by atoms with Crippen LogP contribution in [0.2, 0.25) is 0 Å². The molecular formula is C18H17NOS. The van der Waals surface area contributed by atoms with Crippen molar-refractivity contribution in [3.63, 3.8) is 0 Å². The molecule has 1 aliphatic rings. The Kier molecular flexibility index (Phi) is 2.81. The van der Waals surface area contributed by atoms with Gasteiger partial charge in [-0.2, -0.15) is 0 Å². The Hall–Kier alpha value is -1.84. The van der Waals surface area contributed by atoms with Crippen LogP contribution in [0.3, 0.4) is 0 Å². The first kappa shape index (κ1) is 12.9. The van der Waals surface area contributed by atoms with Crippen molar-refractivity contribution in [2.75, 3.05) is 7.11 Å². The van der Waals surface area contributed by atoms with Crippen LogP contribution in [-0.4, -0.2) is 7.11 Å². The molecule has 0 radical (unpaired) electrons. The van der Waals surface area contributed by atoms with Crippen LogP contribution in [0.15, 0.2) is 47.8 Å². The molecule has 106 valence electrons. The highest BCUT2D eigenvalue weighted by Gasteiger charge is 2.38. The summed E-state index contributed by atoms with van der Waals surface area (Å²) in [4.78, 5) is 0. The number of hydrogen-bond donors (Lipinski definition) is 1. The van der Waals surface area contributed by atoms with E-state index >= 15 is 0 Å². The number of ether oxygens (including phenoxy) is 1. The zero-order chi connectivity index (χ0) is 14.4. The Morgan fingerprint density at radius 3 is 2.90 bits per heavy atom. The fraction of sp³-hybridized carbons (Fsp3) is 0.222. The van der Waals surface area contributed by atoms with Gasteiger partial charge in [-0.1, -0.05) is 24.3 Å². The number of fused-ring (bicyclic) bond motifs is 2. The van der Waals surface area contributed by atoms with Crippen LogP contribution in [0.1, 0.15) is 23.1 Å². The standard InChI is InChI=1S/C18H17NOS/c1-20-14-6-5-12-7-9-18(19,16(12)11-14)15-4-2-3-13-8-10-21-17(13)15/h2-6,8,10-11H,7,9,19H2,1H3. The second kappa shape index (κ2) is 4.58. The van der Waals surface area contributed by atoms with E-state index in [-0.39, 0.29) is 0 Å². The number of benzene rings is 2. The first-order valence-electron chi connectivity index (χ1n) is 7.15. The highest BCUT2D eigenvalue weighted by Crippen LogP contribution is 2.44. The molecule has 4 rings (SSSR count). The van der Waals surface area contributed by atoms with Crippen molar-refractivity contribution in [1.29, 1.82) is 0 Å². The minimum atomic E-state index is -0.408. The van der Waals surface area contributed by atoms with Gasteiger partial charge < -0.3 is 10.5 Å². The van der Waals surface area contributed by atoms with Gasteiger partial charge in [-0.25, -0.2) is 0 Å². The lowest BCUT2D eigenvalue weighted by Crippen LogP contribution is -2.35. The Morgan fingerprint density at radius 2 is 2.05 bits per heavy atom. The molecule has 1 aromatic heterocycles. The van der Waals surface area contributed by atoms with Crippen molar-refractivity contribution in [1.82, 2.24) is 0 Å². The molecule has 0 spiro atoms. The second-order valence-electron chi connectivity index (χ2n) is 5.64. The number of nitrogens with two attached hydrogens (primary N) is 1. The highest BCUT2D eigenvalue weighted by molar-refractivity contribution is 7.17. The number of rotatable bonds is 2. The molecule has 0 fully saturated rings. The first-order valence-corrected chi connectivity index (χ1v) is 8.03. The molecule has 1 aliphatic carbocycles. The van der Waals surface area contributed by atoms with E-state index in [1.807, 2.05) is 6.07 Å². The summed E-state index contributed by atoms with van der Waals surface area (Å²) in [5.74, 6) is 0.879. The highest BCUT2D eigenvalue weighted by atomic mass is 32.1. The third-order valence-corrected chi connectivity index (χ3v) is 5.51. The maximum atomic E-state index is 6.89. The number of methoxy groups -OCH3 is 1. The third kappa shape index (κ3) is 1.81. The van der Waals surface area contributed by atoms with E-state index in [1.54, 1.807) is 18.4 Å². The molecule has 1 heterocycles. The van der Waals surface area contributed by atoms with Crippen LogP contribution in [0.4, 0.5) is 0 Å². The van der Waals surface area contributed by atoms with Gasteiger partial charge in [-0.3, -0.25) is 0 Å². The predicted octanol–water partition coefficient (Wildman–Crippen LogP) is 4.06. The zero-order valence-corrected chi connectivity index (χ0v) is 12.7. The quantitative estimate of drug-likeness (QED) is 0.774.